The van der Waals surface area contributed by atoms with Crippen molar-refractivity contribution in [2.24, 2.45) is 5.73 Å². The fourth-order valence-corrected chi connectivity index (χ4v) is 4.24. The Morgan fingerprint density at radius 3 is 2.97 bits per heavy atom. The number of pyridine rings is 1. The van der Waals surface area contributed by atoms with Crippen LogP contribution < -0.4 is 31.3 Å². The van der Waals surface area contributed by atoms with E-state index in [4.69, 9.17) is 5.73 Å². The van der Waals surface area contributed by atoms with Crippen LogP contribution in [-0.2, 0) is 0 Å². The van der Waals surface area contributed by atoms with Gasteiger partial charge in [-0.3, -0.25) is 9.78 Å². The Kier molecular flexibility index (Phi) is 6.30. The van der Waals surface area contributed by atoms with E-state index in [9.17, 15) is 9.59 Å². The predicted octanol–water partition coefficient (Wildman–Crippen LogP) is 1.65. The van der Waals surface area contributed by atoms with Crippen LogP contribution in [0.4, 0.5) is 22.1 Å². The Balaban J connectivity index is 1.45. The van der Waals surface area contributed by atoms with Crippen LogP contribution in [0.2, 0.25) is 0 Å². The standard InChI is InChI=1S/C20H25N9O2S/c1-20(6-8-24-32-20)28-18-16(17(21)30)23-11-15(27-18)29-9-3-5-14(12-29)26-19(31)25-13-4-2-7-22-10-13/h2,4,6-8,10-11,14,24H,3,5,9,12H2,1H3,(H2,21,30)(H,27,28)(H2,25,26,31)/t14-,20?/m1/s1. The van der Waals surface area contributed by atoms with E-state index in [1.54, 1.807) is 30.7 Å². The number of hydrogen-bond acceptors (Lipinski definition) is 9. The molecule has 0 aliphatic carbocycles. The lowest BCUT2D eigenvalue weighted by atomic mass is 10.1. The molecule has 2 atom stereocenters. The number of urea groups is 1. The third kappa shape index (κ3) is 5.19. The highest BCUT2D eigenvalue weighted by atomic mass is 32.2. The minimum atomic E-state index is -0.652. The number of aromatic nitrogens is 3. The molecule has 4 rings (SSSR count). The van der Waals surface area contributed by atoms with E-state index in [0.29, 0.717) is 23.9 Å². The van der Waals surface area contributed by atoms with Crippen LogP contribution in [0.5, 0.6) is 0 Å². The SMILES string of the molecule is CC1(Nc2nc(N3CCC[C@@H](NC(=O)Nc4cccnc4)C3)cnc2C(N)=O)C=CNS1. The third-order valence-corrected chi connectivity index (χ3v) is 6.02. The second-order valence-corrected chi connectivity index (χ2v) is 8.99. The van der Waals surface area contributed by atoms with Crippen molar-refractivity contribution in [3.63, 3.8) is 0 Å². The summed E-state index contributed by atoms with van der Waals surface area (Å²) in [6, 6.07) is 3.18. The van der Waals surface area contributed by atoms with Gasteiger partial charge in [-0.25, -0.2) is 14.8 Å². The molecule has 32 heavy (non-hydrogen) atoms. The van der Waals surface area contributed by atoms with E-state index >= 15 is 0 Å². The molecule has 0 aromatic carbocycles. The maximum absolute atomic E-state index is 12.4. The molecule has 0 spiro atoms. The summed E-state index contributed by atoms with van der Waals surface area (Å²) in [5.41, 5.74) is 6.22. The molecule has 6 N–H and O–H groups in total. The number of primary amides is 1. The first-order valence-electron chi connectivity index (χ1n) is 10.2. The zero-order valence-corrected chi connectivity index (χ0v) is 18.4. The predicted molar refractivity (Wildman–Crippen MR) is 124 cm³/mol. The summed E-state index contributed by atoms with van der Waals surface area (Å²) in [7, 11) is 0. The summed E-state index contributed by atoms with van der Waals surface area (Å²) in [5, 5.41) is 9.02. The lowest BCUT2D eigenvalue weighted by molar-refractivity contribution is 0.0996. The monoisotopic (exact) mass is 455 g/mol. The lowest BCUT2D eigenvalue weighted by Gasteiger charge is -2.34. The smallest absolute Gasteiger partial charge is 0.319 e. The molecule has 11 nitrogen and oxygen atoms in total. The minimum Gasteiger partial charge on any atom is -0.364 e. The second kappa shape index (κ2) is 9.30. The van der Waals surface area contributed by atoms with Crippen LogP contribution in [0.25, 0.3) is 0 Å². The van der Waals surface area contributed by atoms with Crippen molar-refractivity contribution in [2.45, 2.75) is 30.7 Å². The zero-order chi connectivity index (χ0) is 22.6. The number of nitrogens with two attached hydrogens (primary N) is 1. The first-order chi connectivity index (χ1) is 15.4. The van der Waals surface area contributed by atoms with Crippen molar-refractivity contribution in [1.29, 1.82) is 0 Å². The summed E-state index contributed by atoms with van der Waals surface area (Å²) in [6.45, 7) is 3.28. The molecule has 2 aromatic rings. The lowest BCUT2D eigenvalue weighted by Crippen LogP contribution is -2.49. The molecule has 1 saturated heterocycles. The number of nitrogens with one attached hydrogen (secondary N) is 4. The van der Waals surface area contributed by atoms with E-state index in [-0.39, 0.29) is 17.8 Å². The molecule has 168 valence electrons. The third-order valence-electron chi connectivity index (χ3n) is 5.10. The van der Waals surface area contributed by atoms with Crippen molar-refractivity contribution in [3.8, 4) is 0 Å². The van der Waals surface area contributed by atoms with Crippen LogP contribution in [0.1, 0.15) is 30.3 Å². The van der Waals surface area contributed by atoms with Gasteiger partial charge in [0.15, 0.2) is 11.5 Å². The molecule has 2 aromatic heterocycles. The first kappa shape index (κ1) is 21.7. The topological polar surface area (TPSA) is 150 Å². The van der Waals surface area contributed by atoms with E-state index in [1.165, 1.54) is 11.9 Å². The van der Waals surface area contributed by atoms with Crippen molar-refractivity contribution in [3.05, 3.63) is 48.7 Å². The van der Waals surface area contributed by atoms with Crippen molar-refractivity contribution in [1.82, 2.24) is 25.0 Å². The second-order valence-electron chi connectivity index (χ2n) is 7.70. The largest absolute Gasteiger partial charge is 0.364 e. The molecule has 2 aliphatic rings. The van der Waals surface area contributed by atoms with Crippen molar-refractivity contribution >= 4 is 41.2 Å². The number of anilines is 3. The van der Waals surface area contributed by atoms with Gasteiger partial charge in [-0.15, -0.1) is 0 Å². The maximum Gasteiger partial charge on any atom is 0.319 e. The van der Waals surface area contributed by atoms with Crippen molar-refractivity contribution < 1.29 is 9.59 Å². The summed E-state index contributed by atoms with van der Waals surface area (Å²) < 4.78 is 3.05. The number of hydrogen-bond donors (Lipinski definition) is 5. The molecule has 12 heteroatoms. The maximum atomic E-state index is 12.4. The van der Waals surface area contributed by atoms with E-state index in [0.717, 1.165) is 19.4 Å². The molecule has 1 fully saturated rings. The Hall–Kier alpha value is -3.54. The first-order valence-corrected chi connectivity index (χ1v) is 11.0. The van der Waals surface area contributed by atoms with Gasteiger partial charge in [-0.2, -0.15) is 0 Å². The molecule has 2 aliphatic heterocycles. The van der Waals surface area contributed by atoms with Gasteiger partial charge in [0.25, 0.3) is 5.91 Å². The normalized spacial score (nSPS) is 22.2. The number of amides is 3. The molecular weight excluding hydrogens is 430 g/mol. The zero-order valence-electron chi connectivity index (χ0n) is 17.5. The van der Waals surface area contributed by atoms with Gasteiger partial charge in [0, 0.05) is 31.5 Å². The van der Waals surface area contributed by atoms with Gasteiger partial charge < -0.3 is 31.3 Å². The van der Waals surface area contributed by atoms with Gasteiger partial charge >= 0.3 is 6.03 Å². The molecule has 0 radical (unpaired) electrons. The van der Waals surface area contributed by atoms with Gasteiger partial charge in [0.1, 0.15) is 10.7 Å². The van der Waals surface area contributed by atoms with Crippen LogP contribution in [-0.4, -0.2) is 50.9 Å². The summed E-state index contributed by atoms with van der Waals surface area (Å²) >= 11 is 1.44. The average molecular weight is 456 g/mol. The minimum absolute atomic E-state index is 0.0653. The summed E-state index contributed by atoms with van der Waals surface area (Å²) in [6.07, 6.45) is 10.2. The van der Waals surface area contributed by atoms with Crippen LogP contribution >= 0.6 is 11.9 Å². The fraction of sp³-hybridized carbons (Fsp3) is 0.350. The summed E-state index contributed by atoms with van der Waals surface area (Å²) in [5.74, 6) is 0.281. The number of carbonyl (C=O) groups is 2. The molecular formula is C20H25N9O2S. The van der Waals surface area contributed by atoms with Crippen LogP contribution in [0, 0.1) is 0 Å². The van der Waals surface area contributed by atoms with Crippen LogP contribution in [0.15, 0.2) is 43.0 Å². The van der Waals surface area contributed by atoms with E-state index in [1.807, 2.05) is 24.1 Å². The van der Waals surface area contributed by atoms with Gasteiger partial charge in [0.05, 0.1) is 18.1 Å². The van der Waals surface area contributed by atoms with Gasteiger partial charge in [-0.1, -0.05) is 0 Å². The van der Waals surface area contributed by atoms with Crippen LogP contribution in [0.3, 0.4) is 0 Å². The average Bonchev–Trinajstić information content (AvgIpc) is 3.20. The number of rotatable bonds is 6. The van der Waals surface area contributed by atoms with Crippen molar-refractivity contribution in [2.75, 3.05) is 28.6 Å². The Labute approximate surface area is 189 Å². The fourth-order valence-electron chi connectivity index (χ4n) is 3.58. The number of carbonyl (C=O) groups excluding carboxylic acids is 2. The highest BCUT2D eigenvalue weighted by Crippen LogP contribution is 2.31. The summed E-state index contributed by atoms with van der Waals surface area (Å²) in [4.78, 5) is 38.7. The highest BCUT2D eigenvalue weighted by molar-refractivity contribution is 7.99. The Morgan fingerprint density at radius 1 is 1.38 bits per heavy atom. The molecule has 4 heterocycles. The Morgan fingerprint density at radius 2 is 2.25 bits per heavy atom. The number of nitrogens with zero attached hydrogens (tertiary/aromatic N) is 4. The molecule has 3 amide bonds. The molecule has 0 saturated carbocycles. The van der Waals surface area contributed by atoms with Gasteiger partial charge in [-0.05, 0) is 49.9 Å². The highest BCUT2D eigenvalue weighted by Gasteiger charge is 2.29. The molecule has 1 unspecified atom stereocenters. The molecule has 0 bridgehead atoms. The van der Waals surface area contributed by atoms with Gasteiger partial charge in [0.2, 0.25) is 0 Å². The quantitative estimate of drug-likeness (QED) is 0.410. The van der Waals surface area contributed by atoms with E-state index in [2.05, 4.69) is 35.6 Å². The van der Waals surface area contributed by atoms with E-state index < -0.39 is 10.8 Å². The Bertz CT molecular complexity index is 1020. The number of piperidine rings is 1.